The summed E-state index contributed by atoms with van der Waals surface area (Å²) in [5.41, 5.74) is 5.42. The van der Waals surface area contributed by atoms with E-state index in [1.54, 1.807) is 6.07 Å². The zero-order valence-electron chi connectivity index (χ0n) is 15.6. The molecule has 4 rings (SSSR count). The Morgan fingerprint density at radius 3 is 2.50 bits per heavy atom. The van der Waals surface area contributed by atoms with E-state index in [-0.39, 0.29) is 17.6 Å². The van der Waals surface area contributed by atoms with E-state index in [0.717, 1.165) is 6.20 Å². The van der Waals surface area contributed by atoms with Gasteiger partial charge in [-0.25, -0.2) is 15.0 Å². The molecule has 4 heterocycles. The number of hydrogen-bond acceptors (Lipinski definition) is 9. The summed E-state index contributed by atoms with van der Waals surface area (Å²) in [6, 6.07) is 2.95. The van der Waals surface area contributed by atoms with Crippen molar-refractivity contribution in [3.63, 3.8) is 0 Å². The Morgan fingerprint density at radius 2 is 1.80 bits per heavy atom. The molecule has 0 aliphatic carbocycles. The molecule has 9 nitrogen and oxygen atoms in total. The smallest absolute Gasteiger partial charge is 0.378 e. The maximum absolute atomic E-state index is 13.3. The number of halogens is 3. The minimum atomic E-state index is -4.58. The molecular formula is C18H17F3N8O. The molecule has 156 valence electrons. The SMILES string of the molecule is Nc1ncc(-c2cc(N3CCOCC3)nc(Nc3ccncc3C(F)(F)F)n2)cn1. The van der Waals surface area contributed by atoms with Crippen LogP contribution < -0.4 is 16.0 Å². The third-order valence-electron chi connectivity index (χ3n) is 4.39. The number of ether oxygens (including phenoxy) is 1. The minimum Gasteiger partial charge on any atom is -0.378 e. The van der Waals surface area contributed by atoms with Gasteiger partial charge < -0.3 is 20.7 Å². The first-order valence-corrected chi connectivity index (χ1v) is 8.98. The Labute approximate surface area is 169 Å². The highest BCUT2D eigenvalue weighted by Crippen LogP contribution is 2.35. The van der Waals surface area contributed by atoms with Crippen molar-refractivity contribution in [2.24, 2.45) is 0 Å². The van der Waals surface area contributed by atoms with Crippen LogP contribution in [0.1, 0.15) is 5.56 Å². The lowest BCUT2D eigenvalue weighted by Gasteiger charge is -2.28. The van der Waals surface area contributed by atoms with E-state index in [2.05, 4.69) is 30.2 Å². The summed E-state index contributed by atoms with van der Waals surface area (Å²) in [5, 5.41) is 2.67. The molecule has 3 N–H and O–H groups in total. The highest BCUT2D eigenvalue weighted by molar-refractivity contribution is 5.67. The van der Waals surface area contributed by atoms with Crippen LogP contribution in [0.25, 0.3) is 11.3 Å². The predicted molar refractivity (Wildman–Crippen MR) is 103 cm³/mol. The summed E-state index contributed by atoms with van der Waals surface area (Å²) in [6.07, 6.45) is 0.420. The Hall–Kier alpha value is -3.54. The van der Waals surface area contributed by atoms with E-state index in [1.165, 1.54) is 24.7 Å². The molecule has 12 heteroatoms. The Kier molecular flexibility index (Phi) is 5.31. The highest BCUT2D eigenvalue weighted by Gasteiger charge is 2.34. The van der Waals surface area contributed by atoms with Crippen LogP contribution in [-0.2, 0) is 10.9 Å². The second kappa shape index (κ2) is 8.06. The molecule has 1 fully saturated rings. The van der Waals surface area contributed by atoms with Crippen molar-refractivity contribution in [1.29, 1.82) is 0 Å². The summed E-state index contributed by atoms with van der Waals surface area (Å²) in [6.45, 7) is 2.24. The van der Waals surface area contributed by atoms with Crippen LogP contribution in [0.2, 0.25) is 0 Å². The van der Waals surface area contributed by atoms with Gasteiger partial charge >= 0.3 is 6.18 Å². The molecule has 3 aromatic rings. The fourth-order valence-electron chi connectivity index (χ4n) is 2.91. The van der Waals surface area contributed by atoms with Gasteiger partial charge in [0.15, 0.2) is 0 Å². The van der Waals surface area contributed by atoms with E-state index in [9.17, 15) is 13.2 Å². The quantitative estimate of drug-likeness (QED) is 0.659. The predicted octanol–water partition coefficient (Wildman–Crippen LogP) is 2.51. The first-order chi connectivity index (χ1) is 14.4. The van der Waals surface area contributed by atoms with Crippen molar-refractivity contribution in [2.75, 3.05) is 42.3 Å². The number of nitrogens with two attached hydrogens (primary N) is 1. The average Bonchev–Trinajstić information content (AvgIpc) is 2.74. The fraction of sp³-hybridized carbons (Fsp3) is 0.278. The second-order valence-electron chi connectivity index (χ2n) is 6.41. The van der Waals surface area contributed by atoms with Crippen molar-refractivity contribution in [1.82, 2.24) is 24.9 Å². The van der Waals surface area contributed by atoms with Crippen LogP contribution in [0, 0.1) is 0 Å². The fourth-order valence-corrected chi connectivity index (χ4v) is 2.91. The van der Waals surface area contributed by atoms with Gasteiger partial charge in [-0.15, -0.1) is 0 Å². The number of nitrogens with zero attached hydrogens (tertiary/aromatic N) is 6. The van der Waals surface area contributed by atoms with Gasteiger partial charge in [-0.05, 0) is 6.07 Å². The van der Waals surface area contributed by atoms with Crippen molar-refractivity contribution in [3.8, 4) is 11.3 Å². The number of pyridine rings is 1. The number of morpholine rings is 1. The number of alkyl halides is 3. The first kappa shape index (κ1) is 19.8. The number of rotatable bonds is 4. The molecular weight excluding hydrogens is 401 g/mol. The monoisotopic (exact) mass is 418 g/mol. The standard InChI is InChI=1S/C18H17F3N8O/c19-18(20,21)12-10-23-2-1-13(12)26-17-27-14(11-8-24-16(22)25-9-11)7-15(28-17)29-3-5-30-6-4-29/h1-2,7-10H,3-6H2,(H2,22,24,25)(H,23,26,27,28). The van der Waals surface area contributed by atoms with E-state index >= 15 is 0 Å². The van der Waals surface area contributed by atoms with Gasteiger partial charge in [0, 0.05) is 49.5 Å². The topological polar surface area (TPSA) is 115 Å². The lowest BCUT2D eigenvalue weighted by molar-refractivity contribution is -0.137. The Bertz CT molecular complexity index is 1020. The van der Waals surface area contributed by atoms with Crippen LogP contribution >= 0.6 is 0 Å². The Balaban J connectivity index is 1.75. The van der Waals surface area contributed by atoms with Crippen LogP contribution in [-0.4, -0.2) is 51.2 Å². The summed E-state index contributed by atoms with van der Waals surface area (Å²) in [7, 11) is 0. The van der Waals surface area contributed by atoms with E-state index in [0.29, 0.717) is 43.4 Å². The van der Waals surface area contributed by atoms with Crippen LogP contribution in [0.15, 0.2) is 36.9 Å². The molecule has 30 heavy (non-hydrogen) atoms. The largest absolute Gasteiger partial charge is 0.419 e. The van der Waals surface area contributed by atoms with Crippen molar-refractivity contribution in [3.05, 3.63) is 42.5 Å². The third-order valence-corrected chi connectivity index (χ3v) is 4.39. The number of nitrogen functional groups attached to an aromatic ring is 1. The van der Waals surface area contributed by atoms with Crippen molar-refractivity contribution < 1.29 is 17.9 Å². The van der Waals surface area contributed by atoms with Crippen molar-refractivity contribution >= 4 is 23.4 Å². The van der Waals surface area contributed by atoms with Gasteiger partial charge in [-0.2, -0.15) is 18.2 Å². The molecule has 0 bridgehead atoms. The van der Waals surface area contributed by atoms with E-state index in [1.807, 2.05) is 4.90 Å². The number of anilines is 4. The maximum atomic E-state index is 13.3. The molecule has 0 amide bonds. The van der Waals surface area contributed by atoms with Gasteiger partial charge in [0.2, 0.25) is 11.9 Å². The van der Waals surface area contributed by atoms with Gasteiger partial charge in [0.25, 0.3) is 0 Å². The summed E-state index contributed by atoms with van der Waals surface area (Å²) in [4.78, 5) is 22.2. The lowest BCUT2D eigenvalue weighted by Crippen LogP contribution is -2.36. The zero-order valence-corrected chi connectivity index (χ0v) is 15.6. The normalized spacial score (nSPS) is 14.6. The number of nitrogens with one attached hydrogen (secondary N) is 1. The molecule has 1 saturated heterocycles. The van der Waals surface area contributed by atoms with Gasteiger partial charge in [0.1, 0.15) is 5.82 Å². The molecule has 1 aliphatic rings. The molecule has 0 spiro atoms. The first-order valence-electron chi connectivity index (χ1n) is 8.98. The third kappa shape index (κ3) is 4.38. The summed E-state index contributed by atoms with van der Waals surface area (Å²) >= 11 is 0. The van der Waals surface area contributed by atoms with E-state index in [4.69, 9.17) is 10.5 Å². The molecule has 0 radical (unpaired) electrons. The zero-order chi connectivity index (χ0) is 21.1. The highest BCUT2D eigenvalue weighted by atomic mass is 19.4. The molecule has 0 unspecified atom stereocenters. The molecule has 3 aromatic heterocycles. The minimum absolute atomic E-state index is 0.00233. The lowest BCUT2D eigenvalue weighted by atomic mass is 10.2. The maximum Gasteiger partial charge on any atom is 0.419 e. The Morgan fingerprint density at radius 1 is 1.07 bits per heavy atom. The summed E-state index contributed by atoms with van der Waals surface area (Å²) in [5.74, 6) is 0.652. The average molecular weight is 418 g/mol. The van der Waals surface area contributed by atoms with Crippen molar-refractivity contribution in [2.45, 2.75) is 6.18 Å². The van der Waals surface area contributed by atoms with E-state index < -0.39 is 11.7 Å². The number of hydrogen-bond donors (Lipinski definition) is 2. The molecule has 1 aliphatic heterocycles. The van der Waals surface area contributed by atoms with Crippen LogP contribution in [0.4, 0.5) is 36.6 Å². The molecule has 0 saturated carbocycles. The van der Waals surface area contributed by atoms with Crippen LogP contribution in [0.5, 0.6) is 0 Å². The van der Waals surface area contributed by atoms with Crippen LogP contribution in [0.3, 0.4) is 0 Å². The summed E-state index contributed by atoms with van der Waals surface area (Å²) < 4.78 is 45.4. The van der Waals surface area contributed by atoms with Gasteiger partial charge in [0.05, 0.1) is 30.2 Å². The second-order valence-corrected chi connectivity index (χ2v) is 6.41. The van der Waals surface area contributed by atoms with Gasteiger partial charge in [-0.3, -0.25) is 4.98 Å². The molecule has 0 atom stereocenters. The molecule has 0 aromatic carbocycles. The number of aromatic nitrogens is 5. The van der Waals surface area contributed by atoms with Gasteiger partial charge in [-0.1, -0.05) is 0 Å².